The van der Waals surface area contributed by atoms with E-state index in [0.29, 0.717) is 5.92 Å². The smallest absolute Gasteiger partial charge is 0.0599 e. The third-order valence-corrected chi connectivity index (χ3v) is 7.51. The van der Waals surface area contributed by atoms with Gasteiger partial charge in [0.05, 0.1) is 6.10 Å². The first kappa shape index (κ1) is 14.0. The molecular formula is C19H29NO. The molecule has 0 radical (unpaired) electrons. The van der Waals surface area contributed by atoms with Crippen molar-refractivity contribution in [1.29, 1.82) is 0 Å². The van der Waals surface area contributed by atoms with E-state index in [1.807, 2.05) is 0 Å². The molecule has 1 saturated carbocycles. The van der Waals surface area contributed by atoms with Crippen molar-refractivity contribution in [2.45, 2.75) is 70.9 Å². The Morgan fingerprint density at radius 2 is 2.00 bits per heavy atom. The van der Waals surface area contributed by atoms with E-state index in [2.05, 4.69) is 26.0 Å². The van der Waals surface area contributed by atoms with Gasteiger partial charge >= 0.3 is 0 Å². The van der Waals surface area contributed by atoms with E-state index in [4.69, 9.17) is 5.73 Å². The average molecular weight is 287 g/mol. The molecule has 0 bridgehead atoms. The summed E-state index contributed by atoms with van der Waals surface area (Å²) in [5.74, 6) is 1.37. The Bertz CT molecular complexity index is 522. The average Bonchev–Trinajstić information content (AvgIpc) is 2.76. The number of rotatable bonds is 0. The van der Waals surface area contributed by atoms with Crippen molar-refractivity contribution >= 4 is 0 Å². The minimum Gasteiger partial charge on any atom is -0.393 e. The Morgan fingerprint density at radius 3 is 2.81 bits per heavy atom. The van der Waals surface area contributed by atoms with Crippen molar-refractivity contribution in [2.75, 3.05) is 0 Å². The van der Waals surface area contributed by atoms with Crippen molar-refractivity contribution < 1.29 is 5.11 Å². The Kier molecular flexibility index (Phi) is 2.97. The van der Waals surface area contributed by atoms with Crippen molar-refractivity contribution in [3.8, 4) is 0 Å². The van der Waals surface area contributed by atoms with Crippen LogP contribution in [0.15, 0.2) is 23.3 Å². The zero-order valence-electron chi connectivity index (χ0n) is 13.4. The molecule has 0 aromatic heterocycles. The summed E-state index contributed by atoms with van der Waals surface area (Å²) in [6.07, 6.45) is 12.8. The number of hydrogen-bond donors (Lipinski definition) is 2. The first-order valence-corrected chi connectivity index (χ1v) is 8.80. The van der Waals surface area contributed by atoms with E-state index >= 15 is 0 Å². The standard InChI is InChI=1S/C19H29NO/c1-18-9-7-13(20)11-12(18)3-4-14-15-5-6-17(21)19(15,2)10-8-16(14)18/h7,9,12-13,15,17,21H,3-6,8,10-11,20H2,1-2H3/t12-,13+,15+,17+,18+,19+/m1/s1. The summed E-state index contributed by atoms with van der Waals surface area (Å²) in [6.45, 7) is 4.78. The van der Waals surface area contributed by atoms with Gasteiger partial charge in [-0.15, -0.1) is 0 Å². The predicted octanol–water partition coefficient (Wildman–Crippen LogP) is 3.56. The van der Waals surface area contributed by atoms with Crippen LogP contribution in [0, 0.1) is 22.7 Å². The van der Waals surface area contributed by atoms with Crippen LogP contribution in [0.4, 0.5) is 0 Å². The Morgan fingerprint density at radius 1 is 1.19 bits per heavy atom. The number of nitrogens with two attached hydrogens (primary N) is 1. The fraction of sp³-hybridized carbons (Fsp3) is 0.789. The monoisotopic (exact) mass is 287 g/mol. The number of fused-ring (bicyclic) bond motifs is 4. The van der Waals surface area contributed by atoms with Crippen LogP contribution < -0.4 is 5.73 Å². The fourth-order valence-electron chi connectivity index (χ4n) is 6.04. The van der Waals surface area contributed by atoms with E-state index in [9.17, 15) is 5.11 Å². The Hall–Kier alpha value is -0.600. The van der Waals surface area contributed by atoms with Crippen LogP contribution in [0.25, 0.3) is 0 Å². The second kappa shape index (κ2) is 4.45. The summed E-state index contributed by atoms with van der Waals surface area (Å²) in [4.78, 5) is 0. The number of aliphatic hydroxyl groups excluding tert-OH is 1. The lowest BCUT2D eigenvalue weighted by molar-refractivity contribution is 0.0285. The van der Waals surface area contributed by atoms with Crippen LogP contribution in [-0.4, -0.2) is 17.3 Å². The third-order valence-electron chi connectivity index (χ3n) is 7.51. The predicted molar refractivity (Wildman–Crippen MR) is 85.7 cm³/mol. The van der Waals surface area contributed by atoms with Gasteiger partial charge in [0, 0.05) is 16.9 Å². The number of hydrogen-bond acceptors (Lipinski definition) is 2. The van der Waals surface area contributed by atoms with Gasteiger partial charge in [0.2, 0.25) is 0 Å². The second-order valence-corrected chi connectivity index (χ2v) is 8.43. The molecule has 3 N–H and O–H groups in total. The maximum Gasteiger partial charge on any atom is 0.0599 e. The molecule has 21 heavy (non-hydrogen) atoms. The molecule has 116 valence electrons. The van der Waals surface area contributed by atoms with Gasteiger partial charge in [-0.2, -0.15) is 0 Å². The van der Waals surface area contributed by atoms with E-state index in [0.717, 1.165) is 18.8 Å². The van der Waals surface area contributed by atoms with Gasteiger partial charge in [0.15, 0.2) is 0 Å². The lowest BCUT2D eigenvalue weighted by Gasteiger charge is -2.52. The highest BCUT2D eigenvalue weighted by molar-refractivity contribution is 5.38. The Balaban J connectivity index is 1.78. The van der Waals surface area contributed by atoms with Gasteiger partial charge in [0.1, 0.15) is 0 Å². The highest BCUT2D eigenvalue weighted by Crippen LogP contribution is 2.62. The fourth-order valence-corrected chi connectivity index (χ4v) is 6.04. The van der Waals surface area contributed by atoms with Crippen molar-refractivity contribution in [1.82, 2.24) is 0 Å². The summed E-state index contributed by atoms with van der Waals surface area (Å²) in [7, 11) is 0. The quantitative estimate of drug-likeness (QED) is 0.669. The van der Waals surface area contributed by atoms with E-state index < -0.39 is 0 Å². The van der Waals surface area contributed by atoms with Crippen molar-refractivity contribution in [3.05, 3.63) is 23.3 Å². The summed E-state index contributed by atoms with van der Waals surface area (Å²) in [5.41, 5.74) is 10.00. The van der Waals surface area contributed by atoms with Crippen LogP contribution in [0.2, 0.25) is 0 Å². The molecule has 0 unspecified atom stereocenters. The highest BCUT2D eigenvalue weighted by Gasteiger charge is 2.54. The summed E-state index contributed by atoms with van der Waals surface area (Å²) in [6, 6.07) is 0.257. The molecule has 6 atom stereocenters. The molecule has 0 aliphatic heterocycles. The van der Waals surface area contributed by atoms with Gasteiger partial charge in [-0.3, -0.25) is 0 Å². The molecule has 2 nitrogen and oxygen atoms in total. The highest BCUT2D eigenvalue weighted by atomic mass is 16.3. The van der Waals surface area contributed by atoms with E-state index in [-0.39, 0.29) is 23.0 Å². The lowest BCUT2D eigenvalue weighted by atomic mass is 9.53. The molecule has 0 saturated heterocycles. The van der Waals surface area contributed by atoms with E-state index in [1.165, 1.54) is 32.1 Å². The molecule has 4 rings (SSSR count). The van der Waals surface area contributed by atoms with Crippen LogP contribution >= 0.6 is 0 Å². The van der Waals surface area contributed by atoms with Crippen molar-refractivity contribution in [3.63, 3.8) is 0 Å². The molecule has 4 aliphatic carbocycles. The molecule has 0 aromatic rings. The Labute approximate surface area is 128 Å². The van der Waals surface area contributed by atoms with Gasteiger partial charge < -0.3 is 10.8 Å². The van der Waals surface area contributed by atoms with Crippen LogP contribution in [-0.2, 0) is 0 Å². The van der Waals surface area contributed by atoms with Gasteiger partial charge in [-0.05, 0) is 56.8 Å². The number of aliphatic hydroxyl groups is 1. The molecule has 0 aromatic carbocycles. The minimum absolute atomic E-state index is 0.0857. The molecule has 2 heteroatoms. The molecule has 1 fully saturated rings. The van der Waals surface area contributed by atoms with Gasteiger partial charge in [0.25, 0.3) is 0 Å². The zero-order chi connectivity index (χ0) is 14.8. The third kappa shape index (κ3) is 1.78. The van der Waals surface area contributed by atoms with Gasteiger partial charge in [-0.25, -0.2) is 0 Å². The lowest BCUT2D eigenvalue weighted by Crippen LogP contribution is -2.45. The molecule has 4 aliphatic rings. The molecular weight excluding hydrogens is 258 g/mol. The molecule has 0 amide bonds. The maximum absolute atomic E-state index is 10.5. The largest absolute Gasteiger partial charge is 0.393 e. The van der Waals surface area contributed by atoms with Crippen LogP contribution in [0.3, 0.4) is 0 Å². The molecule has 0 heterocycles. The number of allylic oxidation sites excluding steroid dienone is 3. The van der Waals surface area contributed by atoms with Crippen LogP contribution in [0.5, 0.6) is 0 Å². The second-order valence-electron chi connectivity index (χ2n) is 8.43. The van der Waals surface area contributed by atoms with Crippen LogP contribution in [0.1, 0.15) is 58.8 Å². The SMILES string of the molecule is C[C@]12CCC3=C(CC[C@@H]4C[C@@H](N)C=C[C@]34C)[C@@H]1CC[C@@H]2O. The van der Waals surface area contributed by atoms with Crippen molar-refractivity contribution in [2.24, 2.45) is 28.4 Å². The normalized spacial score (nSPS) is 52.4. The summed E-state index contributed by atoms with van der Waals surface area (Å²) in [5, 5.41) is 10.5. The van der Waals surface area contributed by atoms with E-state index in [1.54, 1.807) is 11.1 Å². The topological polar surface area (TPSA) is 46.2 Å². The summed E-state index contributed by atoms with van der Waals surface area (Å²) < 4.78 is 0. The minimum atomic E-state index is -0.0857. The maximum atomic E-state index is 10.5. The summed E-state index contributed by atoms with van der Waals surface area (Å²) >= 11 is 0. The first-order valence-electron chi connectivity index (χ1n) is 8.80. The zero-order valence-corrected chi connectivity index (χ0v) is 13.4. The first-order chi connectivity index (χ1) is 9.95. The molecule has 0 spiro atoms. The van der Waals surface area contributed by atoms with Gasteiger partial charge in [-0.1, -0.05) is 37.1 Å².